The summed E-state index contributed by atoms with van der Waals surface area (Å²) in [5.41, 5.74) is 6.89. The number of hydrogen-bond donors (Lipinski definition) is 1. The molecule has 0 aliphatic heterocycles. The molecule has 5 nitrogen and oxygen atoms in total. The van der Waals surface area contributed by atoms with Gasteiger partial charge in [0.2, 0.25) is 0 Å². The molecule has 1 unspecified atom stereocenters. The van der Waals surface area contributed by atoms with Crippen molar-refractivity contribution < 1.29 is 9.26 Å². The van der Waals surface area contributed by atoms with E-state index < -0.39 is 0 Å². The fourth-order valence-corrected chi connectivity index (χ4v) is 1.85. The van der Waals surface area contributed by atoms with Crippen LogP contribution in [0.5, 0.6) is 5.75 Å². The van der Waals surface area contributed by atoms with Crippen LogP contribution < -0.4 is 10.5 Å². The number of methoxy groups -OCH3 is 1. The fourth-order valence-electron chi connectivity index (χ4n) is 1.85. The van der Waals surface area contributed by atoms with Crippen molar-refractivity contribution in [3.8, 4) is 17.2 Å². The highest BCUT2D eigenvalue weighted by Crippen LogP contribution is 2.23. The lowest BCUT2D eigenvalue weighted by Gasteiger charge is -2.08. The molecule has 0 spiro atoms. The Morgan fingerprint density at radius 2 is 1.95 bits per heavy atom. The summed E-state index contributed by atoms with van der Waals surface area (Å²) in [6.45, 7) is 4.23. The van der Waals surface area contributed by atoms with Gasteiger partial charge in [-0.3, -0.25) is 0 Å². The maximum Gasteiger partial charge on any atom is 0.257 e. The molecular weight excluding hydrogens is 242 g/mol. The van der Waals surface area contributed by atoms with Crippen LogP contribution in [0.25, 0.3) is 11.5 Å². The number of benzene rings is 1. The highest BCUT2D eigenvalue weighted by Gasteiger charge is 2.16. The molecule has 0 fully saturated rings. The summed E-state index contributed by atoms with van der Waals surface area (Å²) >= 11 is 0. The van der Waals surface area contributed by atoms with E-state index in [1.165, 1.54) is 0 Å². The van der Waals surface area contributed by atoms with E-state index in [-0.39, 0.29) is 6.04 Å². The zero-order chi connectivity index (χ0) is 13.8. The van der Waals surface area contributed by atoms with E-state index in [0.717, 1.165) is 17.7 Å². The first kappa shape index (κ1) is 13.5. The van der Waals surface area contributed by atoms with E-state index in [1.54, 1.807) is 7.11 Å². The number of ether oxygens (including phenoxy) is 1. The van der Waals surface area contributed by atoms with Crippen LogP contribution in [0.4, 0.5) is 0 Å². The summed E-state index contributed by atoms with van der Waals surface area (Å²) in [5.74, 6) is 2.33. The van der Waals surface area contributed by atoms with E-state index in [0.29, 0.717) is 17.6 Å². The third kappa shape index (κ3) is 3.32. The second-order valence-corrected chi connectivity index (χ2v) is 4.92. The van der Waals surface area contributed by atoms with Gasteiger partial charge in [-0.2, -0.15) is 4.98 Å². The van der Waals surface area contributed by atoms with Crippen LogP contribution in [0.3, 0.4) is 0 Å². The number of hydrogen-bond acceptors (Lipinski definition) is 5. The van der Waals surface area contributed by atoms with Gasteiger partial charge in [-0.05, 0) is 36.6 Å². The van der Waals surface area contributed by atoms with Crippen LogP contribution in [-0.2, 0) is 0 Å². The van der Waals surface area contributed by atoms with Gasteiger partial charge in [0, 0.05) is 5.56 Å². The summed E-state index contributed by atoms with van der Waals surface area (Å²) in [7, 11) is 1.63. The van der Waals surface area contributed by atoms with Crippen molar-refractivity contribution in [1.29, 1.82) is 0 Å². The molecule has 1 atom stereocenters. The Morgan fingerprint density at radius 1 is 1.26 bits per heavy atom. The molecule has 1 aromatic carbocycles. The van der Waals surface area contributed by atoms with Crippen LogP contribution in [0, 0.1) is 5.92 Å². The average molecular weight is 261 g/mol. The number of aromatic nitrogens is 2. The van der Waals surface area contributed by atoms with Crippen molar-refractivity contribution in [2.24, 2.45) is 11.7 Å². The zero-order valence-electron chi connectivity index (χ0n) is 11.5. The normalized spacial score (nSPS) is 12.7. The van der Waals surface area contributed by atoms with Crippen molar-refractivity contribution in [3.63, 3.8) is 0 Å². The quantitative estimate of drug-likeness (QED) is 0.895. The highest BCUT2D eigenvalue weighted by atomic mass is 16.5. The molecule has 0 radical (unpaired) electrons. The first-order chi connectivity index (χ1) is 9.10. The minimum absolute atomic E-state index is 0.184. The molecule has 5 heteroatoms. The van der Waals surface area contributed by atoms with Crippen LogP contribution in [-0.4, -0.2) is 17.3 Å². The largest absolute Gasteiger partial charge is 0.497 e. The predicted molar refractivity (Wildman–Crippen MR) is 72.7 cm³/mol. The minimum atomic E-state index is -0.184. The first-order valence-corrected chi connectivity index (χ1v) is 6.33. The smallest absolute Gasteiger partial charge is 0.257 e. The lowest BCUT2D eigenvalue weighted by atomic mass is 10.0. The lowest BCUT2D eigenvalue weighted by Crippen LogP contribution is -2.14. The van der Waals surface area contributed by atoms with Gasteiger partial charge in [0.15, 0.2) is 5.82 Å². The average Bonchev–Trinajstić information content (AvgIpc) is 2.88. The lowest BCUT2D eigenvalue weighted by molar-refractivity contribution is 0.404. The van der Waals surface area contributed by atoms with E-state index in [9.17, 15) is 0 Å². The number of rotatable bonds is 5. The summed E-state index contributed by atoms with van der Waals surface area (Å²) < 4.78 is 10.4. The second kappa shape index (κ2) is 5.84. The molecule has 2 aromatic rings. The summed E-state index contributed by atoms with van der Waals surface area (Å²) in [6.07, 6.45) is 0.835. The van der Waals surface area contributed by atoms with Gasteiger partial charge in [-0.15, -0.1) is 0 Å². The van der Waals surface area contributed by atoms with Crippen molar-refractivity contribution >= 4 is 0 Å². The third-order valence-corrected chi connectivity index (χ3v) is 2.84. The Hall–Kier alpha value is -1.88. The molecule has 2 rings (SSSR count). The summed E-state index contributed by atoms with van der Waals surface area (Å²) in [5, 5.41) is 3.95. The molecule has 102 valence electrons. The van der Waals surface area contributed by atoms with Crippen LogP contribution in [0.2, 0.25) is 0 Å². The van der Waals surface area contributed by atoms with Crippen LogP contribution >= 0.6 is 0 Å². The maximum atomic E-state index is 6.03. The standard InChI is InChI=1S/C14H19N3O2/c1-9(2)8-12(15)13-16-14(19-17-13)10-4-6-11(18-3)7-5-10/h4-7,9,12H,8,15H2,1-3H3. The summed E-state index contributed by atoms with van der Waals surface area (Å²) in [6, 6.07) is 7.28. The number of nitrogens with two attached hydrogens (primary N) is 1. The van der Waals surface area contributed by atoms with E-state index >= 15 is 0 Å². The second-order valence-electron chi connectivity index (χ2n) is 4.92. The topological polar surface area (TPSA) is 74.2 Å². The third-order valence-electron chi connectivity index (χ3n) is 2.84. The molecule has 0 bridgehead atoms. The van der Waals surface area contributed by atoms with Gasteiger partial charge in [0.05, 0.1) is 13.2 Å². The fraction of sp³-hybridized carbons (Fsp3) is 0.429. The Labute approximate surface area is 112 Å². The van der Waals surface area contributed by atoms with Gasteiger partial charge in [0.25, 0.3) is 5.89 Å². The molecule has 0 saturated carbocycles. The Bertz CT molecular complexity index is 520. The van der Waals surface area contributed by atoms with E-state index in [1.807, 2.05) is 24.3 Å². The van der Waals surface area contributed by atoms with Crippen molar-refractivity contribution in [1.82, 2.24) is 10.1 Å². The van der Waals surface area contributed by atoms with Gasteiger partial charge in [-0.25, -0.2) is 0 Å². The molecule has 0 aliphatic rings. The van der Waals surface area contributed by atoms with E-state index in [4.69, 9.17) is 15.0 Å². The monoisotopic (exact) mass is 261 g/mol. The van der Waals surface area contributed by atoms with Gasteiger partial charge in [0.1, 0.15) is 5.75 Å². The SMILES string of the molecule is COc1ccc(-c2nc(C(N)CC(C)C)no2)cc1. The van der Waals surface area contributed by atoms with Gasteiger partial charge < -0.3 is 15.0 Å². The molecule has 2 N–H and O–H groups in total. The first-order valence-electron chi connectivity index (χ1n) is 6.33. The molecular formula is C14H19N3O2. The predicted octanol–water partition coefficient (Wildman–Crippen LogP) is 2.79. The van der Waals surface area contributed by atoms with Crippen molar-refractivity contribution in [2.75, 3.05) is 7.11 Å². The molecule has 1 aromatic heterocycles. The molecule has 0 saturated heterocycles. The van der Waals surface area contributed by atoms with Gasteiger partial charge >= 0.3 is 0 Å². The highest BCUT2D eigenvalue weighted by molar-refractivity contribution is 5.54. The molecule has 0 amide bonds. The van der Waals surface area contributed by atoms with Crippen LogP contribution in [0.15, 0.2) is 28.8 Å². The Kier molecular flexibility index (Phi) is 4.16. The molecule has 19 heavy (non-hydrogen) atoms. The number of nitrogens with zero attached hydrogens (tertiary/aromatic N) is 2. The van der Waals surface area contributed by atoms with E-state index in [2.05, 4.69) is 24.0 Å². The molecule has 0 aliphatic carbocycles. The van der Waals surface area contributed by atoms with Crippen LogP contribution in [0.1, 0.15) is 32.1 Å². The summed E-state index contributed by atoms with van der Waals surface area (Å²) in [4.78, 5) is 4.35. The Morgan fingerprint density at radius 3 is 2.53 bits per heavy atom. The Balaban J connectivity index is 2.15. The maximum absolute atomic E-state index is 6.03. The van der Waals surface area contributed by atoms with Crippen molar-refractivity contribution in [2.45, 2.75) is 26.3 Å². The molecule has 1 heterocycles. The van der Waals surface area contributed by atoms with Crippen molar-refractivity contribution in [3.05, 3.63) is 30.1 Å². The zero-order valence-corrected chi connectivity index (χ0v) is 11.5. The minimum Gasteiger partial charge on any atom is -0.497 e. The van der Waals surface area contributed by atoms with Gasteiger partial charge in [-0.1, -0.05) is 19.0 Å².